The van der Waals surface area contributed by atoms with Gasteiger partial charge in [0.25, 0.3) is 5.56 Å². The Morgan fingerprint density at radius 1 is 1.03 bits per heavy atom. The van der Waals surface area contributed by atoms with Crippen molar-refractivity contribution >= 4 is 34.4 Å². The van der Waals surface area contributed by atoms with Crippen molar-refractivity contribution < 1.29 is 4.74 Å². The lowest BCUT2D eigenvalue weighted by Gasteiger charge is -2.13. The standard InChI is InChI=1S/C21H18Cl2N4O3/c1-30-9-8-26-20(28)18-19(27(21(26)29)17-7-3-6-16(23)11-17)24-13-25(18)12-14-4-2-5-15(22)10-14/h2-7,10-11,13H,8-9,12H2,1H3. The van der Waals surface area contributed by atoms with Crippen molar-refractivity contribution in [1.29, 1.82) is 0 Å². The summed E-state index contributed by atoms with van der Waals surface area (Å²) in [4.78, 5) is 30.8. The van der Waals surface area contributed by atoms with Gasteiger partial charge in [-0.05, 0) is 35.9 Å². The third-order valence-corrected chi connectivity index (χ3v) is 5.20. The fraction of sp³-hybridized carbons (Fsp3) is 0.190. The van der Waals surface area contributed by atoms with Crippen LogP contribution < -0.4 is 11.2 Å². The highest BCUT2D eigenvalue weighted by molar-refractivity contribution is 6.31. The maximum Gasteiger partial charge on any atom is 0.337 e. The molecule has 0 fully saturated rings. The minimum Gasteiger partial charge on any atom is -0.383 e. The van der Waals surface area contributed by atoms with Crippen LogP contribution in [0.25, 0.3) is 16.9 Å². The topological polar surface area (TPSA) is 71.1 Å². The summed E-state index contributed by atoms with van der Waals surface area (Å²) >= 11 is 12.2. The highest BCUT2D eigenvalue weighted by atomic mass is 35.5. The highest BCUT2D eigenvalue weighted by Gasteiger charge is 2.19. The monoisotopic (exact) mass is 444 g/mol. The third-order valence-electron chi connectivity index (χ3n) is 4.73. The SMILES string of the molecule is COCCn1c(=O)c2c(ncn2Cc2cccc(Cl)c2)n(-c2cccc(Cl)c2)c1=O. The molecule has 0 spiro atoms. The zero-order valence-corrected chi connectivity index (χ0v) is 17.6. The van der Waals surface area contributed by atoms with Gasteiger partial charge in [0.05, 0.1) is 25.2 Å². The third kappa shape index (κ3) is 3.79. The Balaban J connectivity index is 1.98. The number of imidazole rings is 1. The Morgan fingerprint density at radius 2 is 1.77 bits per heavy atom. The van der Waals surface area contributed by atoms with E-state index >= 15 is 0 Å². The van der Waals surface area contributed by atoms with Crippen LogP contribution in [0, 0.1) is 0 Å². The number of hydrogen-bond donors (Lipinski definition) is 0. The second kappa shape index (κ2) is 8.47. The molecule has 0 aliphatic heterocycles. The smallest absolute Gasteiger partial charge is 0.337 e. The van der Waals surface area contributed by atoms with Gasteiger partial charge in [0.15, 0.2) is 11.2 Å². The summed E-state index contributed by atoms with van der Waals surface area (Å²) in [6.07, 6.45) is 1.55. The number of ether oxygens (including phenoxy) is 1. The normalized spacial score (nSPS) is 11.3. The van der Waals surface area contributed by atoms with Gasteiger partial charge in [-0.25, -0.2) is 14.3 Å². The molecule has 0 amide bonds. The van der Waals surface area contributed by atoms with Crippen LogP contribution in [0.5, 0.6) is 0 Å². The molecular weight excluding hydrogens is 427 g/mol. The lowest BCUT2D eigenvalue weighted by Crippen LogP contribution is -2.41. The molecule has 0 bridgehead atoms. The predicted octanol–water partition coefficient (Wildman–Crippen LogP) is 3.35. The number of hydrogen-bond acceptors (Lipinski definition) is 4. The minimum absolute atomic E-state index is 0.118. The van der Waals surface area contributed by atoms with Crippen LogP contribution in [0.3, 0.4) is 0 Å². The van der Waals surface area contributed by atoms with Crippen LogP contribution in [0.4, 0.5) is 0 Å². The zero-order chi connectivity index (χ0) is 21.3. The largest absolute Gasteiger partial charge is 0.383 e. The van der Waals surface area contributed by atoms with Crippen molar-refractivity contribution in [2.45, 2.75) is 13.1 Å². The summed E-state index contributed by atoms with van der Waals surface area (Å²) in [5, 5.41) is 1.07. The molecule has 0 saturated heterocycles. The van der Waals surface area contributed by atoms with Crippen molar-refractivity contribution in [3.63, 3.8) is 0 Å². The maximum absolute atomic E-state index is 13.2. The Bertz CT molecular complexity index is 1340. The summed E-state index contributed by atoms with van der Waals surface area (Å²) in [5.41, 5.74) is 1.08. The Morgan fingerprint density at radius 3 is 2.47 bits per heavy atom. The van der Waals surface area contributed by atoms with E-state index in [1.165, 1.54) is 11.7 Å². The minimum atomic E-state index is -0.500. The van der Waals surface area contributed by atoms with Crippen LogP contribution in [0.2, 0.25) is 10.0 Å². The summed E-state index contributed by atoms with van der Waals surface area (Å²) in [6, 6.07) is 14.2. The van der Waals surface area contributed by atoms with Gasteiger partial charge in [-0.15, -0.1) is 0 Å². The molecular formula is C21H18Cl2N4O3. The molecule has 154 valence electrons. The molecule has 2 heterocycles. The molecule has 9 heteroatoms. The molecule has 0 aliphatic rings. The van der Waals surface area contributed by atoms with E-state index in [1.807, 2.05) is 18.2 Å². The fourth-order valence-electron chi connectivity index (χ4n) is 3.36. The van der Waals surface area contributed by atoms with E-state index in [2.05, 4.69) is 4.98 Å². The summed E-state index contributed by atoms with van der Waals surface area (Å²) in [7, 11) is 1.52. The molecule has 0 unspecified atom stereocenters. The van der Waals surface area contributed by atoms with E-state index in [0.717, 1.165) is 10.1 Å². The highest BCUT2D eigenvalue weighted by Crippen LogP contribution is 2.18. The first kappa shape index (κ1) is 20.4. The molecule has 2 aromatic carbocycles. The van der Waals surface area contributed by atoms with Crippen LogP contribution in [-0.4, -0.2) is 32.4 Å². The first-order valence-corrected chi connectivity index (χ1v) is 9.95. The Hall–Kier alpha value is -2.87. The first-order chi connectivity index (χ1) is 14.5. The van der Waals surface area contributed by atoms with Crippen molar-refractivity contribution in [3.05, 3.63) is 91.3 Å². The van der Waals surface area contributed by atoms with Gasteiger partial charge < -0.3 is 9.30 Å². The number of halogens is 2. The first-order valence-electron chi connectivity index (χ1n) is 9.19. The maximum atomic E-state index is 13.2. The van der Waals surface area contributed by atoms with E-state index < -0.39 is 11.2 Å². The van der Waals surface area contributed by atoms with Crippen LogP contribution in [0.1, 0.15) is 5.56 Å². The van der Waals surface area contributed by atoms with Crippen molar-refractivity contribution in [2.24, 2.45) is 0 Å². The lowest BCUT2D eigenvalue weighted by atomic mass is 10.2. The summed E-state index contributed by atoms with van der Waals surface area (Å²) in [6.45, 7) is 0.718. The fourth-order valence-corrected chi connectivity index (χ4v) is 3.76. The average molecular weight is 445 g/mol. The molecule has 0 aliphatic carbocycles. The van der Waals surface area contributed by atoms with E-state index in [4.69, 9.17) is 27.9 Å². The van der Waals surface area contributed by atoms with Crippen LogP contribution in [0.15, 0.2) is 64.4 Å². The predicted molar refractivity (Wildman–Crippen MR) is 117 cm³/mol. The summed E-state index contributed by atoms with van der Waals surface area (Å²) < 4.78 is 9.35. The van der Waals surface area contributed by atoms with Gasteiger partial charge in [0, 0.05) is 23.7 Å². The van der Waals surface area contributed by atoms with Crippen molar-refractivity contribution in [3.8, 4) is 5.69 Å². The van der Waals surface area contributed by atoms with Crippen molar-refractivity contribution in [1.82, 2.24) is 18.7 Å². The second-order valence-electron chi connectivity index (χ2n) is 6.72. The lowest BCUT2D eigenvalue weighted by molar-refractivity contribution is 0.184. The Kier molecular flexibility index (Phi) is 5.76. The van der Waals surface area contributed by atoms with Crippen LogP contribution >= 0.6 is 23.2 Å². The molecule has 4 rings (SSSR count). The molecule has 0 N–H and O–H groups in total. The van der Waals surface area contributed by atoms with E-state index in [0.29, 0.717) is 27.8 Å². The van der Waals surface area contributed by atoms with Gasteiger partial charge >= 0.3 is 5.69 Å². The quantitative estimate of drug-likeness (QED) is 0.457. The average Bonchev–Trinajstić information content (AvgIpc) is 3.11. The molecule has 0 radical (unpaired) electrons. The molecule has 0 atom stereocenters. The second-order valence-corrected chi connectivity index (χ2v) is 7.59. The van der Waals surface area contributed by atoms with Crippen molar-refractivity contribution in [2.75, 3.05) is 13.7 Å². The van der Waals surface area contributed by atoms with Gasteiger partial charge in [0.1, 0.15) is 0 Å². The number of benzene rings is 2. The van der Waals surface area contributed by atoms with Gasteiger partial charge in [-0.3, -0.25) is 9.36 Å². The van der Waals surface area contributed by atoms with E-state index in [9.17, 15) is 9.59 Å². The number of methoxy groups -OCH3 is 1. The van der Waals surface area contributed by atoms with E-state index in [1.54, 1.807) is 41.2 Å². The number of nitrogens with zero attached hydrogens (tertiary/aromatic N) is 4. The van der Waals surface area contributed by atoms with Gasteiger partial charge in [-0.1, -0.05) is 41.4 Å². The molecule has 7 nitrogen and oxygen atoms in total. The number of rotatable bonds is 6. The molecule has 0 saturated carbocycles. The molecule has 30 heavy (non-hydrogen) atoms. The number of aromatic nitrogens is 4. The van der Waals surface area contributed by atoms with Gasteiger partial charge in [0.2, 0.25) is 0 Å². The number of fused-ring (bicyclic) bond motifs is 1. The zero-order valence-electron chi connectivity index (χ0n) is 16.1. The summed E-state index contributed by atoms with van der Waals surface area (Å²) in [5.74, 6) is 0. The van der Waals surface area contributed by atoms with E-state index in [-0.39, 0.29) is 18.8 Å². The molecule has 4 aromatic rings. The van der Waals surface area contributed by atoms with Crippen LogP contribution in [-0.2, 0) is 17.8 Å². The molecule has 2 aromatic heterocycles. The van der Waals surface area contributed by atoms with Gasteiger partial charge in [-0.2, -0.15) is 0 Å². The Labute approximate surface area is 181 Å².